The number of benzene rings is 1. The number of H-pyrrole nitrogens is 1. The zero-order chi connectivity index (χ0) is 15.5. The third kappa shape index (κ3) is 2.94. The second kappa shape index (κ2) is 6.15. The van der Waals surface area contributed by atoms with Crippen LogP contribution in [0.4, 0.5) is 10.9 Å². The van der Waals surface area contributed by atoms with Crippen LogP contribution >= 0.6 is 11.3 Å². The SMILES string of the molecule is COc1ccc(-c2csc(Nc3[nH+]cccc3C)n2)cc1C. The largest absolute Gasteiger partial charge is 0.496 e. The Morgan fingerprint density at radius 2 is 2.05 bits per heavy atom. The number of methoxy groups -OCH3 is 1. The van der Waals surface area contributed by atoms with Crippen molar-refractivity contribution in [2.45, 2.75) is 13.8 Å². The smallest absolute Gasteiger partial charge is 0.282 e. The lowest BCUT2D eigenvalue weighted by Gasteiger charge is -2.05. The van der Waals surface area contributed by atoms with Crippen molar-refractivity contribution in [2.24, 2.45) is 0 Å². The van der Waals surface area contributed by atoms with Gasteiger partial charge in [0, 0.05) is 16.5 Å². The van der Waals surface area contributed by atoms with Crippen molar-refractivity contribution < 1.29 is 9.72 Å². The number of aromatic nitrogens is 2. The van der Waals surface area contributed by atoms with Crippen molar-refractivity contribution in [1.82, 2.24) is 4.98 Å². The molecule has 3 rings (SSSR count). The lowest BCUT2D eigenvalue weighted by atomic mass is 10.1. The van der Waals surface area contributed by atoms with Crippen LogP contribution in [0.2, 0.25) is 0 Å². The molecule has 22 heavy (non-hydrogen) atoms. The summed E-state index contributed by atoms with van der Waals surface area (Å²) in [5, 5.41) is 6.25. The number of anilines is 2. The predicted molar refractivity (Wildman–Crippen MR) is 89.9 cm³/mol. The molecule has 1 aromatic carbocycles. The van der Waals surface area contributed by atoms with Crippen LogP contribution in [-0.4, -0.2) is 12.1 Å². The monoisotopic (exact) mass is 312 g/mol. The number of nitrogens with one attached hydrogen (secondary N) is 2. The highest BCUT2D eigenvalue weighted by atomic mass is 32.1. The minimum absolute atomic E-state index is 0.869. The van der Waals surface area contributed by atoms with Crippen molar-refractivity contribution in [3.8, 4) is 17.0 Å². The van der Waals surface area contributed by atoms with Crippen LogP contribution in [0.15, 0.2) is 41.9 Å². The lowest BCUT2D eigenvalue weighted by Crippen LogP contribution is -2.10. The highest BCUT2D eigenvalue weighted by Gasteiger charge is 2.12. The highest BCUT2D eigenvalue weighted by molar-refractivity contribution is 7.14. The Kier molecular flexibility index (Phi) is 4.06. The first-order chi connectivity index (χ1) is 10.7. The lowest BCUT2D eigenvalue weighted by molar-refractivity contribution is -0.361. The van der Waals surface area contributed by atoms with Crippen LogP contribution in [0.1, 0.15) is 11.1 Å². The second-order valence-electron chi connectivity index (χ2n) is 5.08. The molecule has 0 aliphatic heterocycles. The summed E-state index contributed by atoms with van der Waals surface area (Å²) < 4.78 is 5.30. The van der Waals surface area contributed by atoms with Crippen LogP contribution in [0.25, 0.3) is 11.3 Å². The summed E-state index contributed by atoms with van der Waals surface area (Å²) in [6.07, 6.45) is 1.90. The summed E-state index contributed by atoms with van der Waals surface area (Å²) >= 11 is 1.59. The first kappa shape index (κ1) is 14.5. The minimum Gasteiger partial charge on any atom is -0.496 e. The molecule has 0 saturated carbocycles. The summed E-state index contributed by atoms with van der Waals surface area (Å²) in [5.41, 5.74) is 4.32. The number of rotatable bonds is 4. The van der Waals surface area contributed by atoms with Gasteiger partial charge in [0.25, 0.3) is 10.9 Å². The van der Waals surface area contributed by atoms with Gasteiger partial charge in [0.1, 0.15) is 5.75 Å². The molecule has 0 atom stereocenters. The molecule has 2 aromatic heterocycles. The van der Waals surface area contributed by atoms with Gasteiger partial charge < -0.3 is 4.74 Å². The van der Waals surface area contributed by atoms with E-state index < -0.39 is 0 Å². The van der Waals surface area contributed by atoms with Gasteiger partial charge in [-0.1, -0.05) is 11.3 Å². The molecule has 3 aromatic rings. The number of nitrogens with zero attached hydrogens (tertiary/aromatic N) is 1. The first-order valence-electron chi connectivity index (χ1n) is 7.02. The Labute approximate surface area is 133 Å². The maximum atomic E-state index is 5.30. The molecule has 0 fully saturated rings. The topological polar surface area (TPSA) is 48.3 Å². The van der Waals surface area contributed by atoms with Crippen molar-refractivity contribution in [2.75, 3.05) is 12.4 Å². The summed E-state index contributed by atoms with van der Waals surface area (Å²) in [5.74, 6) is 1.86. The third-order valence-electron chi connectivity index (χ3n) is 3.49. The maximum Gasteiger partial charge on any atom is 0.282 e. The molecule has 0 aliphatic rings. The molecule has 0 saturated heterocycles. The Morgan fingerprint density at radius 1 is 1.18 bits per heavy atom. The minimum atomic E-state index is 0.869. The number of hydrogen-bond acceptors (Lipinski definition) is 4. The number of pyridine rings is 1. The zero-order valence-electron chi connectivity index (χ0n) is 12.8. The summed E-state index contributed by atoms with van der Waals surface area (Å²) in [6.45, 7) is 4.09. The van der Waals surface area contributed by atoms with E-state index in [9.17, 15) is 0 Å². The molecule has 112 valence electrons. The summed E-state index contributed by atoms with van der Waals surface area (Å²) in [6, 6.07) is 10.1. The molecule has 5 heteroatoms. The molecule has 0 spiro atoms. The summed E-state index contributed by atoms with van der Waals surface area (Å²) in [4.78, 5) is 7.86. The van der Waals surface area contributed by atoms with E-state index in [0.717, 1.165) is 39.1 Å². The summed E-state index contributed by atoms with van der Waals surface area (Å²) in [7, 11) is 1.69. The van der Waals surface area contributed by atoms with Gasteiger partial charge in [0.05, 0.1) is 19.0 Å². The molecule has 0 aliphatic carbocycles. The van der Waals surface area contributed by atoms with E-state index in [4.69, 9.17) is 4.74 Å². The van der Waals surface area contributed by atoms with E-state index in [1.165, 1.54) is 0 Å². The second-order valence-corrected chi connectivity index (χ2v) is 5.93. The normalized spacial score (nSPS) is 10.5. The average molecular weight is 312 g/mol. The third-order valence-corrected chi connectivity index (χ3v) is 4.25. The van der Waals surface area contributed by atoms with Crippen LogP contribution in [0.5, 0.6) is 5.75 Å². The number of aryl methyl sites for hydroxylation is 2. The van der Waals surface area contributed by atoms with E-state index in [1.807, 2.05) is 31.3 Å². The molecule has 0 bridgehead atoms. The van der Waals surface area contributed by atoms with E-state index in [2.05, 4.69) is 39.7 Å². The van der Waals surface area contributed by atoms with E-state index >= 15 is 0 Å². The van der Waals surface area contributed by atoms with Crippen LogP contribution in [0, 0.1) is 13.8 Å². The number of hydrogen-bond donors (Lipinski definition) is 1. The molecule has 2 heterocycles. The van der Waals surface area contributed by atoms with E-state index in [1.54, 1.807) is 18.4 Å². The zero-order valence-corrected chi connectivity index (χ0v) is 13.6. The quantitative estimate of drug-likeness (QED) is 0.792. The molecule has 0 unspecified atom stereocenters. The van der Waals surface area contributed by atoms with E-state index in [-0.39, 0.29) is 0 Å². The fourth-order valence-corrected chi connectivity index (χ4v) is 2.99. The van der Waals surface area contributed by atoms with Gasteiger partial charge in [-0.25, -0.2) is 10.3 Å². The average Bonchev–Trinajstić information content (AvgIpc) is 2.98. The Morgan fingerprint density at radius 3 is 2.77 bits per heavy atom. The number of thiazole rings is 1. The molecule has 0 amide bonds. The van der Waals surface area contributed by atoms with Crippen LogP contribution in [-0.2, 0) is 0 Å². The standard InChI is InChI=1S/C17H17N3OS/c1-11-5-4-8-18-16(11)20-17-19-14(10-22-17)13-6-7-15(21-3)12(2)9-13/h4-10H,1-3H3,(H,18,19,20)/p+1. The Hall–Kier alpha value is -2.40. The molecular formula is C17H18N3OS+. The number of aromatic amines is 1. The van der Waals surface area contributed by atoms with Gasteiger partial charge in [-0.3, -0.25) is 0 Å². The Bertz CT molecular complexity index is 798. The van der Waals surface area contributed by atoms with E-state index in [0.29, 0.717) is 0 Å². The van der Waals surface area contributed by atoms with Gasteiger partial charge >= 0.3 is 0 Å². The fourth-order valence-electron chi connectivity index (χ4n) is 2.26. The molecule has 2 N–H and O–H groups in total. The van der Waals surface area contributed by atoms with Crippen molar-refractivity contribution in [1.29, 1.82) is 0 Å². The van der Waals surface area contributed by atoms with Crippen LogP contribution < -0.4 is 15.0 Å². The Balaban J connectivity index is 1.85. The molecule has 4 nitrogen and oxygen atoms in total. The molecule has 0 radical (unpaired) electrons. The predicted octanol–water partition coefficient (Wildman–Crippen LogP) is 3.99. The van der Waals surface area contributed by atoms with Crippen molar-refractivity contribution >= 4 is 22.3 Å². The van der Waals surface area contributed by atoms with Gasteiger partial charge in [0.2, 0.25) is 0 Å². The molecular weight excluding hydrogens is 294 g/mol. The fraction of sp³-hybridized carbons (Fsp3) is 0.176. The number of ether oxygens (including phenoxy) is 1. The van der Waals surface area contributed by atoms with Gasteiger partial charge in [-0.05, 0) is 49.7 Å². The first-order valence-corrected chi connectivity index (χ1v) is 7.90. The van der Waals surface area contributed by atoms with Gasteiger partial charge in [-0.15, -0.1) is 0 Å². The van der Waals surface area contributed by atoms with Crippen molar-refractivity contribution in [3.63, 3.8) is 0 Å². The van der Waals surface area contributed by atoms with Gasteiger partial charge in [0.15, 0.2) is 0 Å². The van der Waals surface area contributed by atoms with Crippen LogP contribution in [0.3, 0.4) is 0 Å². The highest BCUT2D eigenvalue weighted by Crippen LogP contribution is 2.29. The van der Waals surface area contributed by atoms with Gasteiger partial charge in [-0.2, -0.15) is 4.98 Å². The maximum absolute atomic E-state index is 5.30. The van der Waals surface area contributed by atoms with Crippen molar-refractivity contribution in [3.05, 3.63) is 53.0 Å².